The van der Waals surface area contributed by atoms with Gasteiger partial charge in [0.25, 0.3) is 0 Å². The first-order chi connectivity index (χ1) is 11.2. The summed E-state index contributed by atoms with van der Waals surface area (Å²) in [5, 5.41) is 9.90. The lowest BCUT2D eigenvalue weighted by molar-refractivity contribution is 0.358. The van der Waals surface area contributed by atoms with E-state index in [0.717, 1.165) is 59.1 Å². The smallest absolute Gasteiger partial charge is 0.147 e. The van der Waals surface area contributed by atoms with Gasteiger partial charge < -0.3 is 5.32 Å². The van der Waals surface area contributed by atoms with E-state index in [-0.39, 0.29) is 0 Å². The largest absolute Gasteiger partial charge is 0.308 e. The summed E-state index contributed by atoms with van der Waals surface area (Å²) in [6.45, 7) is 3.56. The van der Waals surface area contributed by atoms with Gasteiger partial charge in [-0.3, -0.25) is 4.98 Å². The Labute approximate surface area is 139 Å². The quantitative estimate of drug-likeness (QED) is 0.803. The van der Waals surface area contributed by atoms with Gasteiger partial charge in [-0.15, -0.1) is 0 Å². The molecule has 0 aliphatic carbocycles. The van der Waals surface area contributed by atoms with E-state index in [1.165, 1.54) is 0 Å². The van der Waals surface area contributed by atoms with E-state index in [1.807, 2.05) is 42.1 Å². The molecule has 0 fully saturated rings. The minimum atomic E-state index is 0.390. The number of nitrogens with one attached hydrogen (secondary N) is 1. The molecular formula is C17H18ClN5. The molecule has 0 amide bonds. The number of aryl methyl sites for hydroxylation is 2. The predicted octanol–water partition coefficient (Wildman–Crippen LogP) is 2.89. The summed E-state index contributed by atoms with van der Waals surface area (Å²) >= 11 is 6.24. The zero-order valence-electron chi connectivity index (χ0n) is 13.0. The molecule has 1 aliphatic rings. The van der Waals surface area contributed by atoms with Gasteiger partial charge in [0.1, 0.15) is 11.6 Å². The normalized spacial score (nSPS) is 17.4. The first kappa shape index (κ1) is 14.6. The number of hydrogen-bond donors (Lipinski definition) is 1. The van der Waals surface area contributed by atoms with Gasteiger partial charge in [0.2, 0.25) is 0 Å². The summed E-state index contributed by atoms with van der Waals surface area (Å²) in [6.07, 6.45) is 3.86. The number of nitrogens with zero attached hydrogens (tertiary/aromatic N) is 4. The van der Waals surface area contributed by atoms with Crippen LogP contribution in [-0.4, -0.2) is 25.8 Å². The monoisotopic (exact) mass is 327 g/mol. The summed E-state index contributed by atoms with van der Waals surface area (Å²) in [4.78, 5) is 8.95. The minimum Gasteiger partial charge on any atom is -0.308 e. The van der Waals surface area contributed by atoms with Crippen LogP contribution in [0.5, 0.6) is 0 Å². The molecule has 6 heteroatoms. The van der Waals surface area contributed by atoms with Gasteiger partial charge in [0.15, 0.2) is 0 Å². The number of rotatable bonds is 3. The zero-order chi connectivity index (χ0) is 15.8. The van der Waals surface area contributed by atoms with Gasteiger partial charge in [-0.25, -0.2) is 9.67 Å². The standard InChI is InChI=1S/C17H18ClN5/c1-11-21-16-5-4-15(10-23(16)22-11)20-9-13-8-14(18)7-12-3-2-6-19-17(12)13/h2-3,6-8,15,20H,4-5,9-10H2,1H3. The van der Waals surface area contributed by atoms with Crippen LogP contribution in [-0.2, 0) is 19.5 Å². The lowest BCUT2D eigenvalue weighted by Gasteiger charge is -2.24. The first-order valence-electron chi connectivity index (χ1n) is 7.86. The second kappa shape index (κ2) is 5.91. The maximum absolute atomic E-state index is 6.24. The van der Waals surface area contributed by atoms with E-state index in [9.17, 15) is 0 Å². The van der Waals surface area contributed by atoms with E-state index in [0.29, 0.717) is 6.04 Å². The van der Waals surface area contributed by atoms with Crippen LogP contribution < -0.4 is 5.32 Å². The molecule has 118 valence electrons. The fraction of sp³-hybridized carbons (Fsp3) is 0.353. The average molecular weight is 328 g/mol. The zero-order valence-corrected chi connectivity index (χ0v) is 13.7. The van der Waals surface area contributed by atoms with Gasteiger partial charge in [0.05, 0.1) is 12.1 Å². The molecule has 2 aromatic heterocycles. The molecule has 0 saturated heterocycles. The lowest BCUT2D eigenvalue weighted by Crippen LogP contribution is -2.37. The Hall–Kier alpha value is -1.98. The molecular weight excluding hydrogens is 310 g/mol. The second-order valence-corrected chi connectivity index (χ2v) is 6.45. The minimum absolute atomic E-state index is 0.390. The molecule has 5 nitrogen and oxygen atoms in total. The van der Waals surface area contributed by atoms with Gasteiger partial charge in [0, 0.05) is 35.6 Å². The van der Waals surface area contributed by atoms with Crippen molar-refractivity contribution in [3.8, 4) is 0 Å². The Bertz CT molecular complexity index is 857. The molecule has 3 heterocycles. The van der Waals surface area contributed by atoms with Crippen LogP contribution in [0.25, 0.3) is 10.9 Å². The lowest BCUT2D eigenvalue weighted by atomic mass is 10.1. The Balaban J connectivity index is 1.52. The number of pyridine rings is 1. The highest BCUT2D eigenvalue weighted by Gasteiger charge is 2.20. The topological polar surface area (TPSA) is 55.6 Å². The maximum Gasteiger partial charge on any atom is 0.147 e. The average Bonchev–Trinajstić information content (AvgIpc) is 2.91. The summed E-state index contributed by atoms with van der Waals surface area (Å²) in [7, 11) is 0. The van der Waals surface area contributed by atoms with Crippen molar-refractivity contribution in [3.63, 3.8) is 0 Å². The summed E-state index contributed by atoms with van der Waals surface area (Å²) < 4.78 is 2.02. The highest BCUT2D eigenvalue weighted by molar-refractivity contribution is 6.31. The number of aromatic nitrogens is 4. The van der Waals surface area contributed by atoms with Crippen molar-refractivity contribution in [3.05, 3.63) is 52.7 Å². The van der Waals surface area contributed by atoms with Crippen molar-refractivity contribution < 1.29 is 0 Å². The molecule has 23 heavy (non-hydrogen) atoms. The fourth-order valence-corrected chi connectivity index (χ4v) is 3.47. The van der Waals surface area contributed by atoms with Crippen LogP contribution in [0.1, 0.15) is 23.6 Å². The van der Waals surface area contributed by atoms with Crippen molar-refractivity contribution >= 4 is 22.5 Å². The van der Waals surface area contributed by atoms with Gasteiger partial charge in [-0.05, 0) is 37.1 Å². The predicted molar refractivity (Wildman–Crippen MR) is 90.5 cm³/mol. The van der Waals surface area contributed by atoms with Gasteiger partial charge >= 0.3 is 0 Å². The third-order valence-corrected chi connectivity index (χ3v) is 4.51. The molecule has 0 radical (unpaired) electrons. The van der Waals surface area contributed by atoms with Crippen LogP contribution in [0.15, 0.2) is 30.5 Å². The maximum atomic E-state index is 6.24. The van der Waals surface area contributed by atoms with Crippen LogP contribution in [0.3, 0.4) is 0 Å². The molecule has 4 rings (SSSR count). The summed E-state index contributed by atoms with van der Waals surface area (Å²) in [6, 6.07) is 8.33. The Kier molecular flexibility index (Phi) is 3.75. The van der Waals surface area contributed by atoms with E-state index in [2.05, 4.69) is 20.4 Å². The van der Waals surface area contributed by atoms with Crippen LogP contribution >= 0.6 is 11.6 Å². The molecule has 1 aromatic carbocycles. The van der Waals surface area contributed by atoms with Crippen molar-refractivity contribution in [2.24, 2.45) is 0 Å². The molecule has 1 atom stereocenters. The second-order valence-electron chi connectivity index (χ2n) is 6.01. The summed E-state index contributed by atoms with van der Waals surface area (Å²) in [5.74, 6) is 1.95. The molecule has 1 unspecified atom stereocenters. The van der Waals surface area contributed by atoms with Gasteiger partial charge in [-0.1, -0.05) is 17.7 Å². The third kappa shape index (κ3) is 2.94. The van der Waals surface area contributed by atoms with E-state index >= 15 is 0 Å². The van der Waals surface area contributed by atoms with Crippen molar-refractivity contribution in [1.29, 1.82) is 0 Å². The molecule has 0 saturated carbocycles. The highest BCUT2D eigenvalue weighted by atomic mass is 35.5. The van der Waals surface area contributed by atoms with Gasteiger partial charge in [-0.2, -0.15) is 5.10 Å². The number of fused-ring (bicyclic) bond motifs is 2. The van der Waals surface area contributed by atoms with Crippen LogP contribution in [0.4, 0.5) is 0 Å². The molecule has 3 aromatic rings. The molecule has 1 aliphatic heterocycles. The Morgan fingerprint density at radius 1 is 1.39 bits per heavy atom. The van der Waals surface area contributed by atoms with E-state index in [4.69, 9.17) is 11.6 Å². The fourth-order valence-electron chi connectivity index (χ4n) is 3.22. The number of benzene rings is 1. The number of halogens is 1. The SMILES string of the molecule is Cc1nc2n(n1)CC(NCc1cc(Cl)cc3cccnc13)CC2. The molecule has 1 N–H and O–H groups in total. The van der Waals surface area contributed by atoms with Crippen molar-refractivity contribution in [1.82, 2.24) is 25.1 Å². The molecule has 0 bridgehead atoms. The summed E-state index contributed by atoms with van der Waals surface area (Å²) in [5.41, 5.74) is 2.14. The third-order valence-electron chi connectivity index (χ3n) is 4.29. The van der Waals surface area contributed by atoms with Crippen molar-refractivity contribution in [2.75, 3.05) is 0 Å². The highest BCUT2D eigenvalue weighted by Crippen LogP contribution is 2.22. The van der Waals surface area contributed by atoms with E-state index < -0.39 is 0 Å². The Morgan fingerprint density at radius 2 is 2.30 bits per heavy atom. The van der Waals surface area contributed by atoms with E-state index in [1.54, 1.807) is 0 Å². The Morgan fingerprint density at radius 3 is 3.22 bits per heavy atom. The number of hydrogen-bond acceptors (Lipinski definition) is 4. The van der Waals surface area contributed by atoms with Crippen molar-refractivity contribution in [2.45, 2.75) is 38.9 Å². The van der Waals surface area contributed by atoms with Crippen LogP contribution in [0, 0.1) is 6.92 Å². The first-order valence-corrected chi connectivity index (χ1v) is 8.24. The van der Waals surface area contributed by atoms with Crippen LogP contribution in [0.2, 0.25) is 5.02 Å². The molecule has 0 spiro atoms.